The van der Waals surface area contributed by atoms with Crippen LogP contribution in [0.4, 0.5) is 10.5 Å². The molecule has 0 aliphatic rings. The maximum absolute atomic E-state index is 12.0. The van der Waals surface area contributed by atoms with Crippen molar-refractivity contribution in [1.82, 2.24) is 5.43 Å². The van der Waals surface area contributed by atoms with Crippen LogP contribution in [0, 0.1) is 0 Å². The van der Waals surface area contributed by atoms with E-state index < -0.39 is 6.03 Å². The lowest BCUT2D eigenvalue weighted by Crippen LogP contribution is -2.24. The van der Waals surface area contributed by atoms with E-state index in [-0.39, 0.29) is 0 Å². The monoisotopic (exact) mass is 501 g/mol. The zero-order chi connectivity index (χ0) is 22.1. The molecule has 31 heavy (non-hydrogen) atoms. The van der Waals surface area contributed by atoms with E-state index in [1.807, 2.05) is 49.4 Å². The van der Waals surface area contributed by atoms with Gasteiger partial charge in [0.25, 0.3) is 0 Å². The van der Waals surface area contributed by atoms with Crippen LogP contribution in [0.2, 0.25) is 5.02 Å². The molecule has 3 aromatic carbocycles. The van der Waals surface area contributed by atoms with Crippen molar-refractivity contribution >= 4 is 45.5 Å². The maximum Gasteiger partial charge on any atom is 0.339 e. The quantitative estimate of drug-likeness (QED) is 0.283. The Morgan fingerprint density at radius 1 is 1.06 bits per heavy atom. The molecule has 0 unspecified atom stereocenters. The van der Waals surface area contributed by atoms with Crippen LogP contribution in [0.1, 0.15) is 18.1 Å². The van der Waals surface area contributed by atoms with E-state index >= 15 is 0 Å². The van der Waals surface area contributed by atoms with Gasteiger partial charge in [0, 0.05) is 26.3 Å². The molecule has 3 rings (SSSR count). The summed E-state index contributed by atoms with van der Waals surface area (Å²) in [6.07, 6.45) is 1.52. The number of rotatable bonds is 8. The molecular formula is C23H21BrClN3O3. The zero-order valence-electron chi connectivity index (χ0n) is 16.8. The number of halogens is 2. The molecule has 0 fully saturated rings. The van der Waals surface area contributed by atoms with Crippen molar-refractivity contribution in [2.24, 2.45) is 5.10 Å². The number of urea groups is 1. The first kappa shape index (κ1) is 22.7. The summed E-state index contributed by atoms with van der Waals surface area (Å²) >= 11 is 9.72. The van der Waals surface area contributed by atoms with Crippen LogP contribution < -0.4 is 20.2 Å². The van der Waals surface area contributed by atoms with Crippen LogP contribution in [0.15, 0.2) is 76.3 Å². The average molecular weight is 503 g/mol. The normalized spacial score (nSPS) is 10.7. The number of amides is 2. The summed E-state index contributed by atoms with van der Waals surface area (Å²) in [6.45, 7) is 2.67. The summed E-state index contributed by atoms with van der Waals surface area (Å²) < 4.78 is 12.4. The first-order valence-corrected chi connectivity index (χ1v) is 10.7. The van der Waals surface area contributed by atoms with Crippen molar-refractivity contribution in [3.63, 3.8) is 0 Å². The van der Waals surface area contributed by atoms with E-state index in [1.54, 1.807) is 24.3 Å². The molecule has 0 aromatic heterocycles. The van der Waals surface area contributed by atoms with Crippen molar-refractivity contribution in [2.45, 2.75) is 13.5 Å². The fraction of sp³-hybridized carbons (Fsp3) is 0.130. The minimum absolute atomic E-state index is 0.306. The third-order valence-electron chi connectivity index (χ3n) is 4.11. The molecule has 0 bridgehead atoms. The number of nitrogens with one attached hydrogen (secondary N) is 2. The SMILES string of the molecule is CCOc1cc(/C=N\NC(=O)Nc2ccccc2)c(Br)cc1OCc1ccccc1Cl. The van der Waals surface area contributed by atoms with Gasteiger partial charge in [-0.25, -0.2) is 10.2 Å². The Kier molecular flexibility index (Phi) is 8.32. The molecule has 3 aromatic rings. The first-order valence-electron chi connectivity index (χ1n) is 9.54. The second kappa shape index (κ2) is 11.4. The molecule has 6 nitrogen and oxygen atoms in total. The Hall–Kier alpha value is -3.03. The van der Waals surface area contributed by atoms with Crippen molar-refractivity contribution in [2.75, 3.05) is 11.9 Å². The van der Waals surface area contributed by atoms with E-state index in [0.29, 0.717) is 41.0 Å². The summed E-state index contributed by atoms with van der Waals surface area (Å²) in [5.74, 6) is 1.13. The molecule has 0 saturated heterocycles. The van der Waals surface area contributed by atoms with Crippen molar-refractivity contribution in [3.05, 3.63) is 87.4 Å². The van der Waals surface area contributed by atoms with Gasteiger partial charge in [0.15, 0.2) is 11.5 Å². The van der Waals surface area contributed by atoms with E-state index in [9.17, 15) is 4.79 Å². The van der Waals surface area contributed by atoms with Gasteiger partial charge in [-0.2, -0.15) is 5.10 Å². The van der Waals surface area contributed by atoms with Crippen molar-refractivity contribution in [1.29, 1.82) is 0 Å². The minimum atomic E-state index is -0.441. The lowest BCUT2D eigenvalue weighted by Gasteiger charge is -2.14. The standard InChI is InChI=1S/C23H21BrClN3O3/c1-2-30-21-12-17(14-26-28-23(29)27-18-9-4-3-5-10-18)19(24)13-22(21)31-15-16-8-6-7-11-20(16)25/h3-14H,2,15H2,1H3,(H2,27,28,29)/b26-14-. The number of anilines is 1. The van der Waals surface area contributed by atoms with E-state index in [0.717, 1.165) is 10.0 Å². The highest BCUT2D eigenvalue weighted by Gasteiger charge is 2.11. The van der Waals surface area contributed by atoms with Crippen LogP contribution in [0.25, 0.3) is 0 Å². The Labute approximate surface area is 194 Å². The number of carbonyl (C=O) groups excluding carboxylic acids is 1. The van der Waals surface area contributed by atoms with Gasteiger partial charge in [0.05, 0.1) is 12.8 Å². The summed E-state index contributed by atoms with van der Waals surface area (Å²) in [7, 11) is 0. The lowest BCUT2D eigenvalue weighted by atomic mass is 10.2. The van der Waals surface area contributed by atoms with Gasteiger partial charge in [0.1, 0.15) is 6.61 Å². The van der Waals surface area contributed by atoms with Gasteiger partial charge in [-0.3, -0.25) is 0 Å². The third-order valence-corrected chi connectivity index (χ3v) is 5.16. The Balaban J connectivity index is 1.68. The molecule has 2 amide bonds. The molecular weight excluding hydrogens is 482 g/mol. The van der Waals surface area contributed by atoms with Gasteiger partial charge in [-0.05, 0) is 53.2 Å². The van der Waals surface area contributed by atoms with Crippen molar-refractivity contribution < 1.29 is 14.3 Å². The molecule has 160 valence electrons. The van der Waals surface area contributed by atoms with E-state index in [1.165, 1.54) is 6.21 Å². The summed E-state index contributed by atoms with van der Waals surface area (Å²) in [5, 5.41) is 7.33. The smallest absolute Gasteiger partial charge is 0.339 e. The number of nitrogens with zero attached hydrogens (tertiary/aromatic N) is 1. The molecule has 0 aliphatic heterocycles. The largest absolute Gasteiger partial charge is 0.490 e. The molecule has 0 radical (unpaired) electrons. The van der Waals surface area contributed by atoms with Gasteiger partial charge in [0.2, 0.25) is 0 Å². The van der Waals surface area contributed by atoms with Gasteiger partial charge in [-0.15, -0.1) is 0 Å². The van der Waals surface area contributed by atoms with Crippen LogP contribution in [0.3, 0.4) is 0 Å². The lowest BCUT2D eigenvalue weighted by molar-refractivity contribution is 0.252. The highest BCUT2D eigenvalue weighted by molar-refractivity contribution is 9.10. The maximum atomic E-state index is 12.0. The minimum Gasteiger partial charge on any atom is -0.490 e. The number of ether oxygens (including phenoxy) is 2. The van der Waals surface area contributed by atoms with Gasteiger partial charge in [-0.1, -0.05) is 48.0 Å². The molecule has 0 spiro atoms. The Bertz CT molecular complexity index is 1060. The highest BCUT2D eigenvalue weighted by Crippen LogP contribution is 2.34. The van der Waals surface area contributed by atoms with E-state index in [2.05, 4.69) is 31.8 Å². The topological polar surface area (TPSA) is 72.0 Å². The summed E-state index contributed by atoms with van der Waals surface area (Å²) in [6, 6.07) is 19.8. The number of carbonyl (C=O) groups is 1. The zero-order valence-corrected chi connectivity index (χ0v) is 19.1. The molecule has 0 atom stereocenters. The van der Waals surface area contributed by atoms with Crippen LogP contribution in [-0.2, 0) is 6.61 Å². The molecule has 8 heteroatoms. The summed E-state index contributed by atoms with van der Waals surface area (Å²) in [5.41, 5.74) is 4.71. The van der Waals surface area contributed by atoms with Gasteiger partial charge >= 0.3 is 6.03 Å². The summed E-state index contributed by atoms with van der Waals surface area (Å²) in [4.78, 5) is 12.0. The number of benzene rings is 3. The van der Waals surface area contributed by atoms with E-state index in [4.69, 9.17) is 21.1 Å². The van der Waals surface area contributed by atoms with Crippen LogP contribution >= 0.6 is 27.5 Å². The fourth-order valence-corrected chi connectivity index (χ4v) is 3.26. The Morgan fingerprint density at radius 2 is 1.77 bits per heavy atom. The molecule has 0 saturated carbocycles. The number of para-hydroxylation sites is 1. The second-order valence-corrected chi connectivity index (χ2v) is 7.59. The van der Waals surface area contributed by atoms with Crippen molar-refractivity contribution in [3.8, 4) is 11.5 Å². The average Bonchev–Trinajstić information content (AvgIpc) is 2.76. The second-order valence-electron chi connectivity index (χ2n) is 6.32. The molecule has 2 N–H and O–H groups in total. The number of hydrogen-bond donors (Lipinski definition) is 2. The fourth-order valence-electron chi connectivity index (χ4n) is 2.64. The predicted molar refractivity (Wildman–Crippen MR) is 127 cm³/mol. The highest BCUT2D eigenvalue weighted by atomic mass is 79.9. The predicted octanol–water partition coefficient (Wildman–Crippen LogP) is 6.24. The van der Waals surface area contributed by atoms with Gasteiger partial charge < -0.3 is 14.8 Å². The Morgan fingerprint density at radius 3 is 2.52 bits per heavy atom. The number of hydrogen-bond acceptors (Lipinski definition) is 4. The number of hydrazone groups is 1. The third kappa shape index (κ3) is 6.73. The van der Waals surface area contributed by atoms with Crippen LogP contribution in [0.5, 0.6) is 11.5 Å². The molecule has 0 heterocycles. The molecule has 0 aliphatic carbocycles. The van der Waals surface area contributed by atoms with Crippen LogP contribution in [-0.4, -0.2) is 18.9 Å². The first-order chi connectivity index (χ1) is 15.1.